The summed E-state index contributed by atoms with van der Waals surface area (Å²) in [6.45, 7) is 0. The maximum Gasteiger partial charge on any atom is 0.157 e. The molecule has 2 aromatic rings. The molecule has 0 aliphatic rings. The van der Waals surface area contributed by atoms with E-state index in [1.807, 2.05) is 18.2 Å². The van der Waals surface area contributed by atoms with E-state index in [0.717, 1.165) is 11.4 Å². The molecule has 16 heavy (non-hydrogen) atoms. The molecule has 2 heterocycles. The first-order valence-electron chi connectivity index (χ1n) is 4.85. The minimum atomic E-state index is -0.295. The third-order valence-corrected chi connectivity index (χ3v) is 2.06. The summed E-state index contributed by atoms with van der Waals surface area (Å²) in [5, 5.41) is 3.13. The molecule has 0 saturated heterocycles. The van der Waals surface area contributed by atoms with Crippen molar-refractivity contribution in [2.75, 3.05) is 12.4 Å². The Balaban J connectivity index is 2.13. The number of aromatic nitrogens is 3. The lowest BCUT2D eigenvalue weighted by molar-refractivity contribution is 0.126. The van der Waals surface area contributed by atoms with Gasteiger partial charge in [-0.2, -0.15) is 0 Å². The van der Waals surface area contributed by atoms with Crippen LogP contribution in [0.15, 0.2) is 43.1 Å². The van der Waals surface area contributed by atoms with Gasteiger partial charge < -0.3 is 10.1 Å². The highest BCUT2D eigenvalue weighted by molar-refractivity contribution is 5.35. The zero-order valence-corrected chi connectivity index (χ0v) is 8.87. The van der Waals surface area contributed by atoms with Crippen LogP contribution in [0.1, 0.15) is 11.8 Å². The van der Waals surface area contributed by atoms with Gasteiger partial charge in [-0.05, 0) is 12.1 Å². The fourth-order valence-electron chi connectivity index (χ4n) is 1.31. The second-order valence-electron chi connectivity index (χ2n) is 3.15. The number of hydrogen-bond acceptors (Lipinski definition) is 5. The van der Waals surface area contributed by atoms with Crippen LogP contribution in [0.5, 0.6) is 0 Å². The molecular weight excluding hydrogens is 204 g/mol. The SMILES string of the molecule is CO[C@H](Nc1ccccn1)c1cncnc1. The maximum atomic E-state index is 5.31. The summed E-state index contributed by atoms with van der Waals surface area (Å²) in [4.78, 5) is 12.0. The lowest BCUT2D eigenvalue weighted by Gasteiger charge is -2.16. The Morgan fingerprint density at radius 1 is 1.25 bits per heavy atom. The van der Waals surface area contributed by atoms with Crippen LogP contribution in [0, 0.1) is 0 Å². The molecule has 0 saturated carbocycles. The molecule has 5 nitrogen and oxygen atoms in total. The minimum absolute atomic E-state index is 0.295. The van der Waals surface area contributed by atoms with Gasteiger partial charge in [-0.25, -0.2) is 15.0 Å². The van der Waals surface area contributed by atoms with Crippen LogP contribution < -0.4 is 5.32 Å². The summed E-state index contributed by atoms with van der Waals surface area (Å²) in [7, 11) is 1.62. The molecule has 0 aliphatic heterocycles. The van der Waals surface area contributed by atoms with Crippen LogP contribution in [0.2, 0.25) is 0 Å². The van der Waals surface area contributed by atoms with Crippen LogP contribution in [-0.2, 0) is 4.74 Å². The second kappa shape index (κ2) is 5.18. The quantitative estimate of drug-likeness (QED) is 0.787. The Labute approximate surface area is 93.5 Å². The van der Waals surface area contributed by atoms with Gasteiger partial charge in [0.15, 0.2) is 6.23 Å². The highest BCUT2D eigenvalue weighted by Gasteiger charge is 2.10. The Hall–Kier alpha value is -2.01. The molecule has 0 radical (unpaired) electrons. The van der Waals surface area contributed by atoms with E-state index in [1.165, 1.54) is 6.33 Å². The molecule has 2 rings (SSSR count). The van der Waals surface area contributed by atoms with E-state index >= 15 is 0 Å². The number of hydrogen-bond donors (Lipinski definition) is 1. The van der Waals surface area contributed by atoms with Crippen LogP contribution in [0.3, 0.4) is 0 Å². The molecule has 0 aromatic carbocycles. The van der Waals surface area contributed by atoms with Gasteiger partial charge in [0.2, 0.25) is 0 Å². The Kier molecular flexibility index (Phi) is 3.40. The lowest BCUT2D eigenvalue weighted by atomic mass is 10.3. The first-order chi connectivity index (χ1) is 7.90. The van der Waals surface area contributed by atoms with E-state index in [0.29, 0.717) is 0 Å². The highest BCUT2D eigenvalue weighted by atomic mass is 16.5. The number of methoxy groups -OCH3 is 1. The molecule has 2 aromatic heterocycles. The standard InChI is InChI=1S/C11H12N4O/c1-16-11(9-6-12-8-13-7-9)15-10-4-2-3-5-14-10/h2-8,11H,1H3,(H,14,15)/t11-/m0/s1. The molecule has 5 heteroatoms. The van der Waals surface area contributed by atoms with Crippen molar-refractivity contribution in [3.05, 3.63) is 48.7 Å². The zero-order chi connectivity index (χ0) is 11.2. The van der Waals surface area contributed by atoms with E-state index in [-0.39, 0.29) is 6.23 Å². The summed E-state index contributed by atoms with van der Waals surface area (Å²) >= 11 is 0. The van der Waals surface area contributed by atoms with Crippen molar-refractivity contribution in [1.82, 2.24) is 15.0 Å². The smallest absolute Gasteiger partial charge is 0.157 e. The van der Waals surface area contributed by atoms with Gasteiger partial charge in [0.05, 0.1) is 0 Å². The first kappa shape index (κ1) is 10.5. The number of nitrogens with zero attached hydrogens (tertiary/aromatic N) is 3. The van der Waals surface area contributed by atoms with Crippen molar-refractivity contribution in [3.8, 4) is 0 Å². The summed E-state index contributed by atoms with van der Waals surface area (Å²) < 4.78 is 5.31. The average Bonchev–Trinajstić information content (AvgIpc) is 2.38. The molecule has 0 fully saturated rings. The monoisotopic (exact) mass is 216 g/mol. The number of pyridine rings is 1. The van der Waals surface area contributed by atoms with Gasteiger partial charge in [-0.1, -0.05) is 6.07 Å². The first-order valence-corrected chi connectivity index (χ1v) is 4.85. The third kappa shape index (κ3) is 2.52. The Morgan fingerprint density at radius 2 is 2.06 bits per heavy atom. The number of ether oxygens (including phenoxy) is 1. The van der Waals surface area contributed by atoms with Crippen molar-refractivity contribution >= 4 is 5.82 Å². The molecular formula is C11H12N4O. The second-order valence-corrected chi connectivity index (χ2v) is 3.15. The van der Waals surface area contributed by atoms with E-state index in [1.54, 1.807) is 25.7 Å². The number of anilines is 1. The third-order valence-electron chi connectivity index (χ3n) is 2.06. The van der Waals surface area contributed by atoms with E-state index in [4.69, 9.17) is 4.74 Å². The van der Waals surface area contributed by atoms with Gasteiger partial charge in [0, 0.05) is 31.3 Å². The summed E-state index contributed by atoms with van der Waals surface area (Å²) in [5.74, 6) is 0.748. The Bertz CT molecular complexity index is 421. The van der Waals surface area contributed by atoms with Crippen molar-refractivity contribution in [2.24, 2.45) is 0 Å². The average molecular weight is 216 g/mol. The summed E-state index contributed by atoms with van der Waals surface area (Å²) in [5.41, 5.74) is 0.857. The molecule has 0 aliphatic carbocycles. The fraction of sp³-hybridized carbons (Fsp3) is 0.182. The van der Waals surface area contributed by atoms with E-state index < -0.39 is 0 Å². The number of nitrogens with one attached hydrogen (secondary N) is 1. The molecule has 0 unspecified atom stereocenters. The van der Waals surface area contributed by atoms with Crippen molar-refractivity contribution in [1.29, 1.82) is 0 Å². The van der Waals surface area contributed by atoms with Crippen LogP contribution in [0.4, 0.5) is 5.82 Å². The highest BCUT2D eigenvalue weighted by Crippen LogP contribution is 2.16. The molecule has 1 atom stereocenters. The molecule has 0 amide bonds. The topological polar surface area (TPSA) is 59.9 Å². The summed E-state index contributed by atoms with van der Waals surface area (Å²) in [6, 6.07) is 5.64. The largest absolute Gasteiger partial charge is 0.357 e. The van der Waals surface area contributed by atoms with Gasteiger partial charge in [0.1, 0.15) is 12.1 Å². The van der Waals surface area contributed by atoms with Gasteiger partial charge in [-0.15, -0.1) is 0 Å². The van der Waals surface area contributed by atoms with Gasteiger partial charge in [-0.3, -0.25) is 0 Å². The molecule has 0 spiro atoms. The summed E-state index contributed by atoms with van der Waals surface area (Å²) in [6.07, 6.45) is 6.32. The normalized spacial score (nSPS) is 12.1. The van der Waals surface area contributed by atoms with Gasteiger partial charge in [0.25, 0.3) is 0 Å². The maximum absolute atomic E-state index is 5.31. The van der Waals surface area contributed by atoms with Crippen LogP contribution in [0.25, 0.3) is 0 Å². The van der Waals surface area contributed by atoms with Crippen molar-refractivity contribution in [3.63, 3.8) is 0 Å². The van der Waals surface area contributed by atoms with E-state index in [2.05, 4.69) is 20.3 Å². The number of rotatable bonds is 4. The Morgan fingerprint density at radius 3 is 2.69 bits per heavy atom. The molecule has 82 valence electrons. The molecule has 1 N–H and O–H groups in total. The lowest BCUT2D eigenvalue weighted by Crippen LogP contribution is -2.13. The fourth-order valence-corrected chi connectivity index (χ4v) is 1.31. The van der Waals surface area contributed by atoms with Crippen LogP contribution in [-0.4, -0.2) is 22.1 Å². The van der Waals surface area contributed by atoms with Crippen molar-refractivity contribution < 1.29 is 4.74 Å². The van der Waals surface area contributed by atoms with Gasteiger partial charge >= 0.3 is 0 Å². The predicted molar refractivity (Wildman–Crippen MR) is 59.6 cm³/mol. The minimum Gasteiger partial charge on any atom is -0.357 e. The molecule has 0 bridgehead atoms. The van der Waals surface area contributed by atoms with Crippen LogP contribution >= 0.6 is 0 Å². The predicted octanol–water partition coefficient (Wildman–Crippen LogP) is 1.63. The van der Waals surface area contributed by atoms with Crippen molar-refractivity contribution in [2.45, 2.75) is 6.23 Å². The van der Waals surface area contributed by atoms with E-state index in [9.17, 15) is 0 Å². The zero-order valence-electron chi connectivity index (χ0n) is 8.87.